The predicted octanol–water partition coefficient (Wildman–Crippen LogP) is 4.51. The Morgan fingerprint density at radius 3 is 1.76 bits per heavy atom. The van der Waals surface area contributed by atoms with E-state index < -0.39 is 40.9 Å². The van der Waals surface area contributed by atoms with Crippen LogP contribution in [0.25, 0.3) is 0 Å². The van der Waals surface area contributed by atoms with E-state index >= 15 is 0 Å². The molecule has 0 bridgehead atoms. The number of hydrogen-bond acceptors (Lipinski definition) is 2. The third-order valence-electron chi connectivity index (χ3n) is 3.16. The molecule has 0 aliphatic heterocycles. The zero-order valence-corrected chi connectivity index (χ0v) is 12.5. The predicted molar refractivity (Wildman–Crippen MR) is 75.2 cm³/mol. The lowest BCUT2D eigenvalue weighted by Gasteiger charge is -2.14. The maximum absolute atomic E-state index is 12.8. The first-order chi connectivity index (χ1) is 11.4. The number of rotatable bonds is 3. The number of hydrogen-bond donors (Lipinski definition) is 2. The molecule has 0 saturated carbocycles. The Kier molecular flexibility index (Phi) is 4.65. The Bertz CT molecular complexity index is 788. The van der Waals surface area contributed by atoms with Crippen LogP contribution in [-0.4, -0.2) is 16.7 Å². The Balaban J connectivity index is 2.37. The van der Waals surface area contributed by atoms with E-state index in [-0.39, 0.29) is 17.5 Å². The molecule has 0 spiro atoms. The number of anilines is 1. The number of H-pyrrole nitrogens is 1. The first-order valence-corrected chi connectivity index (χ1v) is 6.68. The van der Waals surface area contributed by atoms with E-state index in [0.29, 0.717) is 12.1 Å². The van der Waals surface area contributed by atoms with Gasteiger partial charge >= 0.3 is 12.4 Å². The fourth-order valence-corrected chi connectivity index (χ4v) is 1.96. The lowest BCUT2D eigenvalue weighted by molar-refractivity contribution is -0.143. The van der Waals surface area contributed by atoms with Crippen LogP contribution in [0.2, 0.25) is 0 Å². The number of amides is 1. The Morgan fingerprint density at radius 1 is 0.880 bits per heavy atom. The molecule has 0 atom stereocenters. The number of alkyl halides is 6. The number of benzene rings is 1. The molecule has 10 heteroatoms. The van der Waals surface area contributed by atoms with Crippen LogP contribution < -0.4 is 5.32 Å². The maximum atomic E-state index is 12.8. The van der Waals surface area contributed by atoms with E-state index in [9.17, 15) is 35.9 Å². The topological polar surface area (TPSA) is 62.0 Å². The Morgan fingerprint density at radius 2 is 1.36 bits per heavy atom. The molecule has 0 saturated heterocycles. The van der Waals surface area contributed by atoms with Crippen LogP contribution in [0.1, 0.15) is 39.0 Å². The molecular weight excluding hydrogens is 354 g/mol. The van der Waals surface area contributed by atoms with Gasteiger partial charge in [-0.05, 0) is 30.3 Å². The molecule has 0 unspecified atom stereocenters. The number of ketones is 1. The van der Waals surface area contributed by atoms with Crippen LogP contribution >= 0.6 is 0 Å². The van der Waals surface area contributed by atoms with Gasteiger partial charge in [-0.3, -0.25) is 9.59 Å². The summed E-state index contributed by atoms with van der Waals surface area (Å²) in [5.74, 6) is -1.38. The van der Waals surface area contributed by atoms with Gasteiger partial charge in [0, 0.05) is 12.6 Å². The minimum atomic E-state index is -5.02. The van der Waals surface area contributed by atoms with Crippen LogP contribution in [0, 0.1) is 0 Å². The number of carbonyl (C=O) groups is 2. The molecule has 25 heavy (non-hydrogen) atoms. The van der Waals surface area contributed by atoms with Crippen molar-refractivity contribution in [3.63, 3.8) is 0 Å². The monoisotopic (exact) mass is 364 g/mol. The molecule has 2 N–H and O–H groups in total. The summed E-state index contributed by atoms with van der Waals surface area (Å²) in [5.41, 5.74) is -3.88. The largest absolute Gasteiger partial charge is 0.416 e. The smallest absolute Gasteiger partial charge is 0.348 e. The molecule has 1 aromatic heterocycles. The van der Waals surface area contributed by atoms with Gasteiger partial charge in [-0.15, -0.1) is 0 Å². The summed E-state index contributed by atoms with van der Waals surface area (Å²) in [6.45, 7) is 1.22. The van der Waals surface area contributed by atoms with Crippen molar-refractivity contribution in [2.45, 2.75) is 19.3 Å². The number of halogens is 6. The highest BCUT2D eigenvalue weighted by atomic mass is 19.4. The minimum Gasteiger partial charge on any atom is -0.348 e. The summed E-state index contributed by atoms with van der Waals surface area (Å²) in [4.78, 5) is 25.5. The van der Waals surface area contributed by atoms with Gasteiger partial charge in [-0.1, -0.05) is 0 Å². The third-order valence-corrected chi connectivity index (χ3v) is 3.16. The lowest BCUT2D eigenvalue weighted by atomic mass is 10.1. The summed E-state index contributed by atoms with van der Waals surface area (Å²) in [6.07, 6.45) is -10.0. The van der Waals surface area contributed by atoms with Crippen molar-refractivity contribution < 1.29 is 35.9 Å². The van der Waals surface area contributed by atoms with E-state index in [1.54, 1.807) is 0 Å². The molecule has 4 nitrogen and oxygen atoms in total. The van der Waals surface area contributed by atoms with Gasteiger partial charge < -0.3 is 10.3 Å². The fourth-order valence-electron chi connectivity index (χ4n) is 1.96. The molecule has 0 radical (unpaired) electrons. The number of aromatic nitrogens is 1. The summed E-state index contributed by atoms with van der Waals surface area (Å²) >= 11 is 0. The van der Waals surface area contributed by atoms with Crippen molar-refractivity contribution in [3.8, 4) is 0 Å². The standard InChI is InChI=1S/C15H10F6N2O2/c1-7(24)11-2-3-12(23-11)13(25)22-10-5-8(14(16,17)18)4-9(6-10)15(19,20)21/h2-6,23H,1H3,(H,22,25). The number of Topliss-reactive ketones (excluding diaryl/α,β-unsaturated/α-hetero) is 1. The van der Waals surface area contributed by atoms with Crippen molar-refractivity contribution in [1.82, 2.24) is 4.98 Å². The Labute approximate surface area is 136 Å². The second kappa shape index (κ2) is 6.26. The highest BCUT2D eigenvalue weighted by Crippen LogP contribution is 2.37. The van der Waals surface area contributed by atoms with Crippen LogP contribution in [0.15, 0.2) is 30.3 Å². The fraction of sp³-hybridized carbons (Fsp3) is 0.200. The number of nitrogens with one attached hydrogen (secondary N) is 2. The molecule has 2 rings (SSSR count). The summed E-state index contributed by atoms with van der Waals surface area (Å²) < 4.78 is 76.6. The normalized spacial score (nSPS) is 12.1. The number of carbonyl (C=O) groups excluding carboxylic acids is 2. The van der Waals surface area contributed by atoms with Crippen molar-refractivity contribution in [3.05, 3.63) is 52.8 Å². The van der Waals surface area contributed by atoms with Crippen molar-refractivity contribution in [1.29, 1.82) is 0 Å². The van der Waals surface area contributed by atoms with Crippen molar-refractivity contribution in [2.75, 3.05) is 5.32 Å². The average Bonchev–Trinajstić information content (AvgIpc) is 2.95. The van der Waals surface area contributed by atoms with E-state index in [0.717, 1.165) is 0 Å². The summed E-state index contributed by atoms with van der Waals surface area (Å²) in [5, 5.41) is 1.95. The molecule has 1 heterocycles. The third kappa shape index (κ3) is 4.40. The molecule has 0 fully saturated rings. The van der Waals surface area contributed by atoms with E-state index in [1.165, 1.54) is 19.1 Å². The molecule has 1 amide bonds. The van der Waals surface area contributed by atoms with Gasteiger partial charge in [0.25, 0.3) is 5.91 Å². The van der Waals surface area contributed by atoms with Gasteiger partial charge in [0.1, 0.15) is 5.69 Å². The molecule has 2 aromatic rings. The molecule has 0 aliphatic rings. The van der Waals surface area contributed by atoms with E-state index in [1.807, 2.05) is 5.32 Å². The van der Waals surface area contributed by atoms with Crippen LogP contribution in [0.5, 0.6) is 0 Å². The van der Waals surface area contributed by atoms with E-state index in [2.05, 4.69) is 4.98 Å². The minimum absolute atomic E-state index is 0.0435. The molecular formula is C15H10F6N2O2. The molecule has 134 valence electrons. The number of aromatic amines is 1. The van der Waals surface area contributed by atoms with Crippen LogP contribution in [-0.2, 0) is 12.4 Å². The lowest BCUT2D eigenvalue weighted by Crippen LogP contribution is -2.16. The summed E-state index contributed by atoms with van der Waals surface area (Å²) in [6, 6.07) is 3.19. The highest BCUT2D eigenvalue weighted by Gasteiger charge is 2.37. The highest BCUT2D eigenvalue weighted by molar-refractivity contribution is 6.04. The van der Waals surface area contributed by atoms with Gasteiger partial charge in [-0.2, -0.15) is 26.3 Å². The van der Waals surface area contributed by atoms with Crippen molar-refractivity contribution >= 4 is 17.4 Å². The van der Waals surface area contributed by atoms with Crippen LogP contribution in [0.4, 0.5) is 32.0 Å². The second-order valence-corrected chi connectivity index (χ2v) is 5.09. The van der Waals surface area contributed by atoms with Crippen molar-refractivity contribution in [2.24, 2.45) is 0 Å². The van der Waals surface area contributed by atoms with Gasteiger partial charge in [0.15, 0.2) is 5.78 Å². The van der Waals surface area contributed by atoms with Gasteiger partial charge in [0.05, 0.1) is 16.8 Å². The van der Waals surface area contributed by atoms with Gasteiger partial charge in [0.2, 0.25) is 0 Å². The molecule has 0 aliphatic carbocycles. The SMILES string of the molecule is CC(=O)c1ccc(C(=O)Nc2cc(C(F)(F)F)cc(C(F)(F)F)c2)[nH]1. The zero-order valence-electron chi connectivity index (χ0n) is 12.5. The Hall–Kier alpha value is -2.78. The van der Waals surface area contributed by atoms with E-state index in [4.69, 9.17) is 0 Å². The van der Waals surface area contributed by atoms with Crippen LogP contribution in [0.3, 0.4) is 0 Å². The average molecular weight is 364 g/mol. The summed E-state index contributed by atoms with van der Waals surface area (Å²) in [7, 11) is 0. The first-order valence-electron chi connectivity index (χ1n) is 6.68. The maximum Gasteiger partial charge on any atom is 0.416 e. The van der Waals surface area contributed by atoms with Gasteiger partial charge in [-0.25, -0.2) is 0 Å². The quantitative estimate of drug-likeness (QED) is 0.622. The molecule has 1 aromatic carbocycles. The second-order valence-electron chi connectivity index (χ2n) is 5.09. The first kappa shape index (κ1) is 18.6. The zero-order chi connectivity index (χ0) is 19.0.